The standard InChI is InChI=1S/C6H13NO3S.Ca.2H/c1-11-3-2-5(6(9)10)7-4-8;;;/h5,7-8H,2-4H2,1H3,(H,9,10);;;/q;+2;2*-1/t5-;;;/m0.../s1. The number of carboxylic acids is 1. The van der Waals surface area contributed by atoms with Crippen molar-refractivity contribution in [2.45, 2.75) is 12.5 Å². The first-order valence-electron chi connectivity index (χ1n) is 3.28. The summed E-state index contributed by atoms with van der Waals surface area (Å²) in [6.07, 6.45) is 2.45. The van der Waals surface area contributed by atoms with E-state index in [1.54, 1.807) is 11.8 Å². The van der Waals surface area contributed by atoms with E-state index in [1.807, 2.05) is 6.26 Å². The van der Waals surface area contributed by atoms with Crippen molar-refractivity contribution in [1.29, 1.82) is 0 Å². The van der Waals surface area contributed by atoms with Crippen molar-refractivity contribution in [2.24, 2.45) is 0 Å². The fourth-order valence-electron chi connectivity index (χ4n) is 0.659. The van der Waals surface area contributed by atoms with Gasteiger partial charge < -0.3 is 13.1 Å². The number of carbonyl (C=O) groups is 1. The van der Waals surface area contributed by atoms with Gasteiger partial charge in [-0.05, 0) is 18.4 Å². The number of rotatable bonds is 6. The summed E-state index contributed by atoms with van der Waals surface area (Å²) in [6, 6.07) is -0.618. The molecule has 0 aliphatic heterocycles. The van der Waals surface area contributed by atoms with E-state index in [-0.39, 0.29) is 47.3 Å². The summed E-state index contributed by atoms with van der Waals surface area (Å²) < 4.78 is 0. The number of thioether (sulfide) groups is 1. The van der Waals surface area contributed by atoms with Gasteiger partial charge in [-0.2, -0.15) is 11.8 Å². The molecule has 0 spiro atoms. The van der Waals surface area contributed by atoms with Gasteiger partial charge in [0.2, 0.25) is 0 Å². The minimum atomic E-state index is -0.909. The van der Waals surface area contributed by atoms with Crippen LogP contribution in [0.15, 0.2) is 0 Å². The molecule has 0 fully saturated rings. The van der Waals surface area contributed by atoms with Crippen LogP contribution in [0, 0.1) is 0 Å². The zero-order valence-corrected chi connectivity index (χ0v) is 10.1. The first-order chi connectivity index (χ1) is 5.22. The number of hydrogen-bond donors (Lipinski definition) is 3. The Morgan fingerprint density at radius 2 is 2.33 bits per heavy atom. The van der Waals surface area contributed by atoms with Crippen LogP contribution in [0.5, 0.6) is 0 Å². The minimum absolute atomic E-state index is 0. The van der Waals surface area contributed by atoms with Crippen molar-refractivity contribution in [3.63, 3.8) is 0 Å². The maximum atomic E-state index is 10.4. The molecule has 0 radical (unpaired) electrons. The van der Waals surface area contributed by atoms with Gasteiger partial charge in [-0.3, -0.25) is 10.1 Å². The molecule has 0 aliphatic rings. The van der Waals surface area contributed by atoms with Gasteiger partial charge in [0.25, 0.3) is 0 Å². The van der Waals surface area contributed by atoms with Gasteiger partial charge in [-0.1, -0.05) is 0 Å². The van der Waals surface area contributed by atoms with Crippen molar-refractivity contribution in [3.05, 3.63) is 0 Å². The van der Waals surface area contributed by atoms with E-state index in [2.05, 4.69) is 5.32 Å². The first-order valence-corrected chi connectivity index (χ1v) is 4.67. The molecular formula is C6H15CaNO3S. The molecule has 0 aromatic rings. The summed E-state index contributed by atoms with van der Waals surface area (Å²) >= 11 is 1.59. The number of nitrogens with one attached hydrogen (secondary N) is 1. The summed E-state index contributed by atoms with van der Waals surface area (Å²) in [4.78, 5) is 10.4. The molecule has 0 aliphatic carbocycles. The number of aliphatic carboxylic acids is 1. The maximum absolute atomic E-state index is 10.4. The Balaban J connectivity index is -0.000000167. The third-order valence-electron chi connectivity index (χ3n) is 1.25. The Labute approximate surface area is 109 Å². The Morgan fingerprint density at radius 1 is 1.75 bits per heavy atom. The second kappa shape index (κ2) is 10.1. The van der Waals surface area contributed by atoms with Gasteiger partial charge in [0, 0.05) is 0 Å². The molecule has 0 rings (SSSR count). The third-order valence-corrected chi connectivity index (χ3v) is 1.89. The number of aliphatic hydroxyl groups is 1. The van der Waals surface area contributed by atoms with E-state index in [9.17, 15) is 4.79 Å². The fourth-order valence-corrected chi connectivity index (χ4v) is 1.13. The zero-order chi connectivity index (χ0) is 8.69. The Hall–Kier alpha value is 1.000. The molecule has 4 nitrogen and oxygen atoms in total. The van der Waals surface area contributed by atoms with E-state index in [0.717, 1.165) is 5.75 Å². The van der Waals surface area contributed by atoms with Crippen LogP contribution in [-0.2, 0) is 4.79 Å². The van der Waals surface area contributed by atoms with E-state index in [0.29, 0.717) is 6.42 Å². The monoisotopic (exact) mass is 221 g/mol. The van der Waals surface area contributed by atoms with Crippen LogP contribution in [0.3, 0.4) is 0 Å². The Kier molecular flexibility index (Phi) is 13.0. The molecular weight excluding hydrogens is 206 g/mol. The molecule has 3 N–H and O–H groups in total. The van der Waals surface area contributed by atoms with Gasteiger partial charge >= 0.3 is 43.7 Å². The summed E-state index contributed by atoms with van der Waals surface area (Å²) in [5, 5.41) is 19.4. The van der Waals surface area contributed by atoms with Gasteiger partial charge in [0.15, 0.2) is 0 Å². The van der Waals surface area contributed by atoms with Crippen LogP contribution in [-0.4, -0.2) is 78.7 Å². The molecule has 0 amide bonds. The molecule has 70 valence electrons. The molecule has 0 aromatic heterocycles. The number of aliphatic hydroxyl groups excluding tert-OH is 1. The van der Waals surface area contributed by atoms with Crippen LogP contribution in [0.2, 0.25) is 0 Å². The van der Waals surface area contributed by atoms with Crippen molar-refractivity contribution >= 4 is 55.5 Å². The number of carboxylic acid groups (broad SMARTS) is 1. The molecule has 1 atom stereocenters. The summed E-state index contributed by atoms with van der Waals surface area (Å²) in [5.41, 5.74) is 0. The summed E-state index contributed by atoms with van der Waals surface area (Å²) in [7, 11) is 0. The quantitative estimate of drug-likeness (QED) is 0.420. The van der Waals surface area contributed by atoms with Crippen LogP contribution >= 0.6 is 11.8 Å². The Morgan fingerprint density at radius 3 is 2.67 bits per heavy atom. The summed E-state index contributed by atoms with van der Waals surface area (Å²) in [6.45, 7) is -0.286. The van der Waals surface area contributed by atoms with Crippen molar-refractivity contribution in [3.8, 4) is 0 Å². The first kappa shape index (κ1) is 15.5. The predicted octanol–water partition coefficient (Wildman–Crippen LogP) is -0.424. The molecule has 0 saturated heterocycles. The minimum Gasteiger partial charge on any atom is -1.00 e. The van der Waals surface area contributed by atoms with Crippen LogP contribution in [0.1, 0.15) is 9.27 Å². The van der Waals surface area contributed by atoms with Crippen LogP contribution in [0.4, 0.5) is 0 Å². The molecule has 0 unspecified atom stereocenters. The average Bonchev–Trinajstić information content (AvgIpc) is 1.97. The van der Waals surface area contributed by atoms with E-state index < -0.39 is 12.0 Å². The molecule has 12 heavy (non-hydrogen) atoms. The predicted molar refractivity (Wildman–Crippen MR) is 52.6 cm³/mol. The average molecular weight is 221 g/mol. The zero-order valence-electron chi connectivity index (χ0n) is 9.12. The topological polar surface area (TPSA) is 69.6 Å². The molecule has 0 saturated carbocycles. The largest absolute Gasteiger partial charge is 2.00 e. The van der Waals surface area contributed by atoms with E-state index in [1.165, 1.54) is 0 Å². The fraction of sp³-hybridized carbons (Fsp3) is 0.833. The maximum Gasteiger partial charge on any atom is 2.00 e. The smallest absolute Gasteiger partial charge is 1.00 e. The SMILES string of the molecule is CSCC[C@H](NCO)C(=O)O.[Ca+2].[H-].[H-]. The summed E-state index contributed by atoms with van der Waals surface area (Å²) in [5.74, 6) is -0.127. The van der Waals surface area contributed by atoms with E-state index >= 15 is 0 Å². The normalized spacial score (nSPS) is 11.8. The molecule has 0 bridgehead atoms. The third kappa shape index (κ3) is 7.64. The van der Waals surface area contributed by atoms with Gasteiger partial charge in [0.1, 0.15) is 6.04 Å². The second-order valence-electron chi connectivity index (χ2n) is 2.03. The van der Waals surface area contributed by atoms with Crippen molar-refractivity contribution < 1.29 is 17.9 Å². The van der Waals surface area contributed by atoms with Gasteiger partial charge in [-0.25, -0.2) is 0 Å². The van der Waals surface area contributed by atoms with Crippen molar-refractivity contribution in [2.75, 3.05) is 18.7 Å². The molecule has 0 heterocycles. The molecule has 6 heteroatoms. The van der Waals surface area contributed by atoms with Gasteiger partial charge in [0.05, 0.1) is 6.73 Å². The Bertz CT molecular complexity index is 134. The molecule has 0 aromatic carbocycles. The van der Waals surface area contributed by atoms with Gasteiger partial charge in [-0.15, -0.1) is 0 Å². The number of hydrogen-bond acceptors (Lipinski definition) is 4. The second-order valence-corrected chi connectivity index (χ2v) is 3.02. The van der Waals surface area contributed by atoms with E-state index in [4.69, 9.17) is 10.2 Å². The van der Waals surface area contributed by atoms with Crippen LogP contribution in [0.25, 0.3) is 0 Å². The van der Waals surface area contributed by atoms with Crippen LogP contribution < -0.4 is 5.32 Å². The van der Waals surface area contributed by atoms with Crippen molar-refractivity contribution in [1.82, 2.24) is 5.32 Å².